The fourth-order valence-electron chi connectivity index (χ4n) is 2.18. The van der Waals surface area contributed by atoms with Crippen molar-refractivity contribution in [3.8, 4) is 0 Å². The van der Waals surface area contributed by atoms with Gasteiger partial charge in [0, 0.05) is 5.92 Å². The maximum atomic E-state index is 13.1. The SMILES string of the molecule is CCCCC1N=NCC1c1cccc(F)c1. The molecule has 1 aromatic rings. The Labute approximate surface area is 95.6 Å². The minimum atomic E-state index is -0.168. The smallest absolute Gasteiger partial charge is 0.123 e. The van der Waals surface area contributed by atoms with Crippen molar-refractivity contribution < 1.29 is 4.39 Å². The maximum Gasteiger partial charge on any atom is 0.123 e. The topological polar surface area (TPSA) is 24.7 Å². The molecule has 0 aliphatic carbocycles. The van der Waals surface area contributed by atoms with Gasteiger partial charge in [-0.05, 0) is 24.1 Å². The van der Waals surface area contributed by atoms with E-state index >= 15 is 0 Å². The normalized spacial score (nSPS) is 23.9. The predicted octanol–water partition coefficient (Wildman–Crippen LogP) is 3.93. The first-order valence-corrected chi connectivity index (χ1v) is 5.93. The first-order valence-electron chi connectivity index (χ1n) is 5.93. The van der Waals surface area contributed by atoms with Gasteiger partial charge in [-0.25, -0.2) is 4.39 Å². The molecule has 2 atom stereocenters. The Hall–Kier alpha value is -1.25. The third-order valence-electron chi connectivity index (χ3n) is 3.10. The van der Waals surface area contributed by atoms with Gasteiger partial charge in [-0.2, -0.15) is 10.2 Å². The standard InChI is InChI=1S/C13H17FN2/c1-2-3-7-13-12(9-15-16-13)10-5-4-6-11(14)8-10/h4-6,8,12-13H,2-3,7,9H2,1H3. The van der Waals surface area contributed by atoms with Crippen LogP contribution in [0.4, 0.5) is 4.39 Å². The molecule has 86 valence electrons. The highest BCUT2D eigenvalue weighted by Gasteiger charge is 2.26. The number of unbranched alkanes of at least 4 members (excludes halogenated alkanes) is 1. The van der Waals surface area contributed by atoms with Crippen LogP contribution in [-0.4, -0.2) is 12.6 Å². The zero-order valence-corrected chi connectivity index (χ0v) is 9.56. The quantitative estimate of drug-likeness (QED) is 0.734. The largest absolute Gasteiger partial charge is 0.207 e. The Morgan fingerprint density at radius 2 is 2.31 bits per heavy atom. The second kappa shape index (κ2) is 5.19. The molecule has 1 aromatic carbocycles. The molecular formula is C13H17FN2. The molecule has 0 radical (unpaired) electrons. The summed E-state index contributed by atoms with van der Waals surface area (Å²) in [4.78, 5) is 0. The molecule has 1 heterocycles. The zero-order valence-electron chi connectivity index (χ0n) is 9.56. The molecule has 0 spiro atoms. The van der Waals surface area contributed by atoms with Crippen LogP contribution in [0.5, 0.6) is 0 Å². The van der Waals surface area contributed by atoms with Crippen molar-refractivity contribution in [2.24, 2.45) is 10.2 Å². The molecule has 0 saturated carbocycles. The summed E-state index contributed by atoms with van der Waals surface area (Å²) < 4.78 is 13.1. The van der Waals surface area contributed by atoms with E-state index in [-0.39, 0.29) is 17.8 Å². The molecule has 0 bridgehead atoms. The Kier molecular flexibility index (Phi) is 3.65. The molecule has 0 N–H and O–H groups in total. The molecule has 0 fully saturated rings. The van der Waals surface area contributed by atoms with Crippen LogP contribution in [0.3, 0.4) is 0 Å². The minimum absolute atomic E-state index is 0.168. The molecule has 0 saturated heterocycles. The lowest BCUT2D eigenvalue weighted by molar-refractivity contribution is 0.528. The van der Waals surface area contributed by atoms with Gasteiger partial charge < -0.3 is 0 Å². The number of nitrogens with zero attached hydrogens (tertiary/aromatic N) is 2. The first kappa shape index (κ1) is 11.2. The van der Waals surface area contributed by atoms with Crippen molar-refractivity contribution in [2.45, 2.75) is 38.1 Å². The van der Waals surface area contributed by atoms with Crippen molar-refractivity contribution in [1.29, 1.82) is 0 Å². The Bertz CT molecular complexity index is 376. The van der Waals surface area contributed by atoms with Crippen LogP contribution in [0.2, 0.25) is 0 Å². The summed E-state index contributed by atoms with van der Waals surface area (Å²) in [5.74, 6) is 0.112. The van der Waals surface area contributed by atoms with Crippen molar-refractivity contribution in [2.75, 3.05) is 6.54 Å². The summed E-state index contributed by atoms with van der Waals surface area (Å²) >= 11 is 0. The van der Waals surface area contributed by atoms with Gasteiger partial charge in [0.1, 0.15) is 5.82 Å². The fraction of sp³-hybridized carbons (Fsp3) is 0.538. The molecule has 2 rings (SSSR count). The Morgan fingerprint density at radius 1 is 1.44 bits per heavy atom. The third kappa shape index (κ3) is 2.46. The molecule has 2 nitrogen and oxygen atoms in total. The lowest BCUT2D eigenvalue weighted by Gasteiger charge is -2.16. The highest BCUT2D eigenvalue weighted by Crippen LogP contribution is 2.30. The van der Waals surface area contributed by atoms with Crippen LogP contribution >= 0.6 is 0 Å². The van der Waals surface area contributed by atoms with E-state index in [0.717, 1.165) is 18.4 Å². The summed E-state index contributed by atoms with van der Waals surface area (Å²) in [6.07, 6.45) is 3.39. The van der Waals surface area contributed by atoms with E-state index in [1.807, 2.05) is 6.07 Å². The molecular weight excluding hydrogens is 203 g/mol. The van der Waals surface area contributed by atoms with E-state index in [0.29, 0.717) is 6.54 Å². The summed E-state index contributed by atoms with van der Waals surface area (Å²) in [7, 11) is 0. The van der Waals surface area contributed by atoms with Crippen molar-refractivity contribution >= 4 is 0 Å². The minimum Gasteiger partial charge on any atom is -0.207 e. The maximum absolute atomic E-state index is 13.1. The summed E-state index contributed by atoms with van der Waals surface area (Å²) in [6.45, 7) is 2.88. The van der Waals surface area contributed by atoms with Gasteiger partial charge in [0.15, 0.2) is 0 Å². The zero-order chi connectivity index (χ0) is 11.4. The molecule has 3 heteroatoms. The Balaban J connectivity index is 2.09. The van der Waals surface area contributed by atoms with E-state index < -0.39 is 0 Å². The number of halogens is 1. The number of hydrogen-bond acceptors (Lipinski definition) is 2. The lowest BCUT2D eigenvalue weighted by atomic mass is 9.90. The summed E-state index contributed by atoms with van der Waals surface area (Å²) in [5, 5.41) is 8.37. The van der Waals surface area contributed by atoms with Crippen LogP contribution < -0.4 is 0 Å². The van der Waals surface area contributed by atoms with Crippen LogP contribution in [0, 0.1) is 5.82 Å². The molecule has 16 heavy (non-hydrogen) atoms. The average Bonchev–Trinajstić information content (AvgIpc) is 2.74. The number of azo groups is 1. The van der Waals surface area contributed by atoms with Crippen LogP contribution in [-0.2, 0) is 0 Å². The monoisotopic (exact) mass is 220 g/mol. The second-order valence-electron chi connectivity index (χ2n) is 4.31. The summed E-state index contributed by atoms with van der Waals surface area (Å²) in [5.41, 5.74) is 1.03. The molecule has 0 aromatic heterocycles. The number of hydrogen-bond donors (Lipinski definition) is 0. The number of benzene rings is 1. The third-order valence-corrected chi connectivity index (χ3v) is 3.10. The molecule has 2 unspecified atom stereocenters. The molecule has 1 aliphatic rings. The van der Waals surface area contributed by atoms with Crippen LogP contribution in [0.1, 0.15) is 37.7 Å². The highest BCUT2D eigenvalue weighted by atomic mass is 19.1. The van der Waals surface area contributed by atoms with E-state index in [4.69, 9.17) is 0 Å². The highest BCUT2D eigenvalue weighted by molar-refractivity contribution is 5.23. The van der Waals surface area contributed by atoms with E-state index in [1.54, 1.807) is 12.1 Å². The van der Waals surface area contributed by atoms with Crippen LogP contribution in [0.25, 0.3) is 0 Å². The van der Waals surface area contributed by atoms with Gasteiger partial charge in [0.25, 0.3) is 0 Å². The second-order valence-corrected chi connectivity index (χ2v) is 4.31. The van der Waals surface area contributed by atoms with E-state index in [9.17, 15) is 4.39 Å². The van der Waals surface area contributed by atoms with E-state index in [1.165, 1.54) is 12.5 Å². The average molecular weight is 220 g/mol. The van der Waals surface area contributed by atoms with Crippen LogP contribution in [0.15, 0.2) is 34.5 Å². The fourth-order valence-corrected chi connectivity index (χ4v) is 2.18. The lowest BCUT2D eigenvalue weighted by Crippen LogP contribution is -2.14. The van der Waals surface area contributed by atoms with Gasteiger partial charge in [0.05, 0.1) is 12.6 Å². The van der Waals surface area contributed by atoms with Gasteiger partial charge in [-0.3, -0.25) is 0 Å². The van der Waals surface area contributed by atoms with Crippen molar-refractivity contribution in [3.05, 3.63) is 35.6 Å². The van der Waals surface area contributed by atoms with Gasteiger partial charge >= 0.3 is 0 Å². The molecule has 1 aliphatic heterocycles. The molecule has 0 amide bonds. The van der Waals surface area contributed by atoms with Crippen molar-refractivity contribution in [1.82, 2.24) is 0 Å². The predicted molar refractivity (Wildman–Crippen MR) is 62.2 cm³/mol. The van der Waals surface area contributed by atoms with Gasteiger partial charge in [-0.15, -0.1) is 0 Å². The van der Waals surface area contributed by atoms with Gasteiger partial charge in [-0.1, -0.05) is 31.9 Å². The number of rotatable bonds is 4. The van der Waals surface area contributed by atoms with Crippen molar-refractivity contribution in [3.63, 3.8) is 0 Å². The summed E-state index contributed by atoms with van der Waals surface area (Å²) in [6, 6.07) is 7.08. The Morgan fingerprint density at radius 3 is 3.06 bits per heavy atom. The van der Waals surface area contributed by atoms with E-state index in [2.05, 4.69) is 17.2 Å². The first-order chi connectivity index (χ1) is 7.81. The van der Waals surface area contributed by atoms with Gasteiger partial charge in [0.2, 0.25) is 0 Å².